The average Bonchev–Trinajstić information content (AvgIpc) is 2.78. The zero-order valence-corrected chi connectivity index (χ0v) is 13.8. The van der Waals surface area contributed by atoms with E-state index in [2.05, 4.69) is 20.8 Å². The van der Waals surface area contributed by atoms with Crippen molar-refractivity contribution in [1.29, 1.82) is 0 Å². The Hall–Kier alpha value is -0.610. The summed E-state index contributed by atoms with van der Waals surface area (Å²) in [4.78, 5) is 14.2. The number of carbonyl (C=O) groups is 1. The second-order valence-corrected chi connectivity index (χ2v) is 7.12. The summed E-state index contributed by atoms with van der Waals surface area (Å²) in [7, 11) is 1.91. The van der Waals surface area contributed by atoms with Crippen molar-refractivity contribution in [1.82, 2.24) is 4.90 Å². The van der Waals surface area contributed by atoms with Crippen molar-refractivity contribution in [2.24, 2.45) is 17.1 Å². The molecule has 3 unspecified atom stereocenters. The van der Waals surface area contributed by atoms with Gasteiger partial charge < -0.3 is 15.4 Å². The maximum Gasteiger partial charge on any atom is 0.222 e. The summed E-state index contributed by atoms with van der Waals surface area (Å²) in [5.41, 5.74) is 5.91. The van der Waals surface area contributed by atoms with Crippen LogP contribution in [0.4, 0.5) is 0 Å². The van der Waals surface area contributed by atoms with Crippen LogP contribution in [0.2, 0.25) is 0 Å². The summed E-state index contributed by atoms with van der Waals surface area (Å²) in [5, 5.41) is 0. The minimum absolute atomic E-state index is 0.159. The molecule has 1 aliphatic rings. The normalized spacial score (nSPS) is 24.7. The SMILES string of the molecule is CC1OCCC1N(C)C(=O)CCC(CCN)C(C)(C)C. The van der Waals surface area contributed by atoms with E-state index in [4.69, 9.17) is 10.5 Å². The van der Waals surface area contributed by atoms with E-state index in [1.807, 2.05) is 18.9 Å². The molecule has 4 heteroatoms. The van der Waals surface area contributed by atoms with Crippen LogP contribution in [0.3, 0.4) is 0 Å². The molecule has 0 aromatic heterocycles. The van der Waals surface area contributed by atoms with E-state index in [0.717, 1.165) is 25.9 Å². The Morgan fingerprint density at radius 1 is 1.40 bits per heavy atom. The maximum absolute atomic E-state index is 12.4. The number of hydrogen-bond donors (Lipinski definition) is 1. The molecule has 0 spiro atoms. The van der Waals surface area contributed by atoms with Gasteiger partial charge in [0, 0.05) is 20.1 Å². The Morgan fingerprint density at radius 2 is 2.05 bits per heavy atom. The smallest absolute Gasteiger partial charge is 0.222 e. The Labute approximate surface area is 124 Å². The lowest BCUT2D eigenvalue weighted by Crippen LogP contribution is -2.41. The average molecular weight is 284 g/mol. The van der Waals surface area contributed by atoms with Crippen molar-refractivity contribution in [3.8, 4) is 0 Å². The second kappa shape index (κ2) is 7.41. The lowest BCUT2D eigenvalue weighted by atomic mass is 9.76. The van der Waals surface area contributed by atoms with E-state index >= 15 is 0 Å². The fourth-order valence-electron chi connectivity index (χ4n) is 3.10. The number of likely N-dealkylation sites (N-methyl/N-ethyl adjacent to an activating group) is 1. The van der Waals surface area contributed by atoms with E-state index in [1.165, 1.54) is 0 Å². The molecule has 1 aliphatic heterocycles. The zero-order chi connectivity index (χ0) is 15.3. The first-order valence-electron chi connectivity index (χ1n) is 7.84. The van der Waals surface area contributed by atoms with Gasteiger partial charge >= 0.3 is 0 Å². The number of nitrogens with two attached hydrogens (primary N) is 1. The molecule has 1 saturated heterocycles. The number of rotatable bonds is 6. The van der Waals surface area contributed by atoms with Gasteiger partial charge in [-0.15, -0.1) is 0 Å². The third-order valence-electron chi connectivity index (χ3n) is 4.67. The Kier molecular flexibility index (Phi) is 6.46. The molecule has 0 aromatic carbocycles. The molecule has 1 fully saturated rings. The van der Waals surface area contributed by atoms with Gasteiger partial charge in [-0.3, -0.25) is 4.79 Å². The van der Waals surface area contributed by atoms with Gasteiger partial charge in [-0.1, -0.05) is 20.8 Å². The van der Waals surface area contributed by atoms with Gasteiger partial charge in [-0.2, -0.15) is 0 Å². The van der Waals surface area contributed by atoms with Gasteiger partial charge in [0.05, 0.1) is 12.1 Å². The minimum atomic E-state index is 0.159. The monoisotopic (exact) mass is 284 g/mol. The molecular weight excluding hydrogens is 252 g/mol. The molecule has 0 radical (unpaired) electrons. The Balaban J connectivity index is 2.48. The lowest BCUT2D eigenvalue weighted by molar-refractivity contribution is -0.133. The van der Waals surface area contributed by atoms with Crippen LogP contribution in [0.25, 0.3) is 0 Å². The molecule has 118 valence electrons. The molecule has 2 N–H and O–H groups in total. The summed E-state index contributed by atoms with van der Waals surface area (Å²) in [6, 6.07) is 0.241. The number of ether oxygens (including phenoxy) is 1. The molecule has 1 rings (SSSR count). The van der Waals surface area contributed by atoms with Crippen LogP contribution in [0.15, 0.2) is 0 Å². The van der Waals surface area contributed by atoms with Crippen molar-refractivity contribution in [3.05, 3.63) is 0 Å². The van der Waals surface area contributed by atoms with Crippen LogP contribution in [-0.4, -0.2) is 43.2 Å². The van der Waals surface area contributed by atoms with Gasteiger partial charge in [-0.25, -0.2) is 0 Å². The van der Waals surface area contributed by atoms with Crippen molar-refractivity contribution in [2.45, 2.75) is 65.5 Å². The molecule has 0 bridgehead atoms. The van der Waals surface area contributed by atoms with Gasteiger partial charge in [0.25, 0.3) is 0 Å². The third kappa shape index (κ3) is 4.74. The van der Waals surface area contributed by atoms with E-state index in [1.54, 1.807) is 0 Å². The quantitative estimate of drug-likeness (QED) is 0.815. The second-order valence-electron chi connectivity index (χ2n) is 7.12. The summed E-state index contributed by atoms with van der Waals surface area (Å²) < 4.78 is 5.54. The van der Waals surface area contributed by atoms with Gasteiger partial charge in [-0.05, 0) is 44.1 Å². The van der Waals surface area contributed by atoms with Crippen LogP contribution in [0.1, 0.15) is 53.4 Å². The number of carbonyl (C=O) groups excluding carboxylic acids is 1. The predicted octanol–water partition coefficient (Wildman–Crippen LogP) is 2.41. The van der Waals surface area contributed by atoms with Crippen molar-refractivity contribution in [3.63, 3.8) is 0 Å². The van der Waals surface area contributed by atoms with Crippen LogP contribution in [0.5, 0.6) is 0 Å². The van der Waals surface area contributed by atoms with Crippen molar-refractivity contribution < 1.29 is 9.53 Å². The van der Waals surface area contributed by atoms with E-state index in [-0.39, 0.29) is 23.5 Å². The highest BCUT2D eigenvalue weighted by molar-refractivity contribution is 5.76. The van der Waals surface area contributed by atoms with Crippen molar-refractivity contribution in [2.75, 3.05) is 20.2 Å². The largest absolute Gasteiger partial charge is 0.376 e. The summed E-state index contributed by atoms with van der Waals surface area (Å²) >= 11 is 0. The highest BCUT2D eigenvalue weighted by Gasteiger charge is 2.31. The van der Waals surface area contributed by atoms with Gasteiger partial charge in [0.2, 0.25) is 5.91 Å². The first-order chi connectivity index (χ1) is 9.27. The lowest BCUT2D eigenvalue weighted by Gasteiger charge is -2.32. The summed E-state index contributed by atoms with van der Waals surface area (Å²) in [5.74, 6) is 0.737. The van der Waals surface area contributed by atoms with E-state index < -0.39 is 0 Å². The first kappa shape index (κ1) is 17.4. The Morgan fingerprint density at radius 3 is 2.50 bits per heavy atom. The maximum atomic E-state index is 12.4. The fourth-order valence-corrected chi connectivity index (χ4v) is 3.10. The molecule has 3 atom stereocenters. The van der Waals surface area contributed by atoms with E-state index in [9.17, 15) is 4.79 Å². The van der Waals surface area contributed by atoms with Gasteiger partial charge in [0.15, 0.2) is 0 Å². The Bertz CT molecular complexity index is 312. The number of amides is 1. The molecule has 0 saturated carbocycles. The minimum Gasteiger partial charge on any atom is -0.376 e. The van der Waals surface area contributed by atoms with Crippen LogP contribution in [-0.2, 0) is 9.53 Å². The predicted molar refractivity (Wildman–Crippen MR) is 82.4 cm³/mol. The first-order valence-corrected chi connectivity index (χ1v) is 7.84. The van der Waals surface area contributed by atoms with Crippen LogP contribution < -0.4 is 5.73 Å². The highest BCUT2D eigenvalue weighted by Crippen LogP contribution is 2.32. The highest BCUT2D eigenvalue weighted by atomic mass is 16.5. The molecule has 0 aromatic rings. The standard InChI is InChI=1S/C16H32N2O2/c1-12-14(9-11-20-12)18(5)15(19)7-6-13(8-10-17)16(2,3)4/h12-14H,6-11,17H2,1-5H3. The van der Waals surface area contributed by atoms with Crippen molar-refractivity contribution >= 4 is 5.91 Å². The fraction of sp³-hybridized carbons (Fsp3) is 0.938. The molecule has 20 heavy (non-hydrogen) atoms. The van der Waals surface area contributed by atoms with Crippen LogP contribution in [0, 0.1) is 11.3 Å². The summed E-state index contributed by atoms with van der Waals surface area (Å²) in [6.07, 6.45) is 3.64. The number of nitrogens with zero attached hydrogens (tertiary/aromatic N) is 1. The molecule has 1 amide bonds. The van der Waals surface area contributed by atoms with E-state index in [0.29, 0.717) is 18.9 Å². The number of hydrogen-bond acceptors (Lipinski definition) is 3. The molecular formula is C16H32N2O2. The van der Waals surface area contributed by atoms with Crippen LogP contribution >= 0.6 is 0 Å². The summed E-state index contributed by atoms with van der Waals surface area (Å²) in [6.45, 7) is 10.2. The zero-order valence-electron chi connectivity index (χ0n) is 13.8. The topological polar surface area (TPSA) is 55.6 Å². The molecule has 0 aliphatic carbocycles. The van der Waals surface area contributed by atoms with Gasteiger partial charge in [0.1, 0.15) is 0 Å². The molecule has 4 nitrogen and oxygen atoms in total. The third-order valence-corrected chi connectivity index (χ3v) is 4.67. The molecule has 1 heterocycles.